The van der Waals surface area contributed by atoms with Crippen LogP contribution in [0.1, 0.15) is 66.4 Å². The predicted octanol–water partition coefficient (Wildman–Crippen LogP) is 5.95. The zero-order valence-electron chi connectivity index (χ0n) is 24.0. The van der Waals surface area contributed by atoms with E-state index in [1.165, 1.54) is 11.1 Å². The molecule has 2 saturated heterocycles. The topological polar surface area (TPSA) is 100 Å². The molecule has 230 valence electrons. The quantitative estimate of drug-likeness (QED) is 0.291. The first kappa shape index (κ1) is 28.6. The second-order valence-corrected chi connectivity index (χ2v) is 15.8. The zero-order chi connectivity index (χ0) is 29.3. The minimum absolute atomic E-state index is 0.0113. The molecule has 4 bridgehead atoms. The average molecular weight is 643 g/mol. The van der Waals surface area contributed by atoms with Gasteiger partial charge >= 0.3 is 0 Å². The van der Waals surface area contributed by atoms with Gasteiger partial charge in [-0.15, -0.1) is 0 Å². The number of carbonyl (C=O) groups excluding carboxylic acids is 1. The lowest BCUT2D eigenvalue weighted by Crippen LogP contribution is -2.57. The summed E-state index contributed by atoms with van der Waals surface area (Å²) in [6, 6.07) is 11.8. The van der Waals surface area contributed by atoms with Gasteiger partial charge in [0.25, 0.3) is 5.91 Å². The molecule has 1 saturated carbocycles. The standard InChI is InChI=1S/C32H37ClN3O5S2/c33-22-5-7-25-19(12-22)2-1-10-31(25)17-36-15-21-3-6-24(21)29-32(14-28(41-29)42-38)11-9-23(34-32)16-43(39)35-30(37)20-4-8-27(40-18-31)26(36)13-20/h4-5,7-8,12-13,21,23-24,28-29,34,38H,1-3,6,9-11,14-18H2/q-1/t21-,23-,24+,28?,29+,31-,32+/m0/s1. The number of nitrogens with zero attached hydrogens (tertiary/aromatic N) is 2. The maximum atomic E-state index is 13.3. The summed E-state index contributed by atoms with van der Waals surface area (Å²) in [7, 11) is -1.65. The highest BCUT2D eigenvalue weighted by molar-refractivity contribution is 7.94. The number of benzene rings is 2. The predicted molar refractivity (Wildman–Crippen MR) is 168 cm³/mol. The van der Waals surface area contributed by atoms with E-state index in [1.54, 1.807) is 6.07 Å². The Morgan fingerprint density at radius 3 is 2.91 bits per heavy atom. The van der Waals surface area contributed by atoms with Crippen molar-refractivity contribution >= 4 is 45.8 Å². The van der Waals surface area contributed by atoms with Gasteiger partial charge in [0.15, 0.2) is 0 Å². The van der Waals surface area contributed by atoms with Crippen LogP contribution in [0.3, 0.4) is 0 Å². The van der Waals surface area contributed by atoms with Crippen molar-refractivity contribution in [1.29, 1.82) is 0 Å². The summed E-state index contributed by atoms with van der Waals surface area (Å²) in [5.74, 6) is 1.33. The third-order valence-electron chi connectivity index (χ3n) is 11.1. The van der Waals surface area contributed by atoms with Gasteiger partial charge in [0, 0.05) is 53.1 Å². The Hall–Kier alpha value is -1.82. The lowest BCUT2D eigenvalue weighted by Gasteiger charge is -2.48. The van der Waals surface area contributed by atoms with E-state index in [-0.39, 0.29) is 34.3 Å². The zero-order valence-corrected chi connectivity index (χ0v) is 26.4. The summed E-state index contributed by atoms with van der Waals surface area (Å²) in [5.41, 5.74) is 3.18. The summed E-state index contributed by atoms with van der Waals surface area (Å²) < 4.78 is 40.5. The minimum Gasteiger partial charge on any atom is -0.490 e. The van der Waals surface area contributed by atoms with E-state index in [9.17, 15) is 13.6 Å². The van der Waals surface area contributed by atoms with Crippen LogP contribution in [0.2, 0.25) is 5.02 Å². The van der Waals surface area contributed by atoms with E-state index in [4.69, 9.17) is 21.1 Å². The first-order valence-corrected chi connectivity index (χ1v) is 18.0. The van der Waals surface area contributed by atoms with Crippen LogP contribution in [0, 0.1) is 11.8 Å². The number of amides is 1. The van der Waals surface area contributed by atoms with E-state index >= 15 is 0 Å². The molecule has 0 radical (unpaired) electrons. The molecule has 3 fully saturated rings. The van der Waals surface area contributed by atoms with Crippen molar-refractivity contribution in [2.45, 2.75) is 79.9 Å². The number of aryl methyl sites for hydroxylation is 1. The van der Waals surface area contributed by atoms with Crippen molar-refractivity contribution in [2.24, 2.45) is 16.2 Å². The van der Waals surface area contributed by atoms with Gasteiger partial charge in [0.05, 0.1) is 18.4 Å². The molecule has 7 atom stereocenters. The third kappa shape index (κ3) is 4.91. The molecule has 0 aromatic heterocycles. The molecule has 2 N–H and O–H groups in total. The highest BCUT2D eigenvalue weighted by Gasteiger charge is 2.57. The number of hydrogen-bond donors (Lipinski definition) is 2. The van der Waals surface area contributed by atoms with Gasteiger partial charge in [-0.2, -0.15) is 10.6 Å². The lowest BCUT2D eigenvalue weighted by atomic mass is 9.65. The van der Waals surface area contributed by atoms with Crippen molar-refractivity contribution in [3.63, 3.8) is 0 Å². The summed E-state index contributed by atoms with van der Waals surface area (Å²) in [5, 5.41) is 4.56. The number of ether oxygens (including phenoxy) is 2. The van der Waals surface area contributed by atoms with Crippen LogP contribution < -0.4 is 15.0 Å². The normalized spacial score (nSPS) is 37.1. The number of rotatable bonds is 1. The fraction of sp³-hybridized carbons (Fsp3) is 0.594. The molecule has 8 nitrogen and oxygen atoms in total. The number of halogens is 1. The van der Waals surface area contributed by atoms with E-state index in [1.807, 2.05) is 18.2 Å². The first-order valence-electron chi connectivity index (χ1n) is 15.5. The van der Waals surface area contributed by atoms with Gasteiger partial charge in [-0.05, 0) is 104 Å². The minimum atomic E-state index is -1.65. The Morgan fingerprint density at radius 2 is 2.07 bits per heavy atom. The van der Waals surface area contributed by atoms with Gasteiger partial charge < -0.3 is 32.8 Å². The highest BCUT2D eigenvalue weighted by atomic mass is 35.5. The molecule has 2 aromatic rings. The first-order chi connectivity index (χ1) is 20.8. The fourth-order valence-corrected chi connectivity index (χ4v) is 10.6. The fourth-order valence-electron chi connectivity index (χ4n) is 8.93. The number of carbonyl (C=O) groups is 1. The Morgan fingerprint density at radius 1 is 1.16 bits per heavy atom. The van der Waals surface area contributed by atoms with Crippen LogP contribution in [0.4, 0.5) is 5.69 Å². The van der Waals surface area contributed by atoms with E-state index in [0.717, 1.165) is 86.5 Å². The number of anilines is 1. The van der Waals surface area contributed by atoms with Crippen molar-refractivity contribution in [2.75, 3.05) is 30.3 Å². The van der Waals surface area contributed by atoms with E-state index in [2.05, 4.69) is 26.7 Å². The van der Waals surface area contributed by atoms with Crippen LogP contribution in [0.15, 0.2) is 40.8 Å². The van der Waals surface area contributed by atoms with Crippen molar-refractivity contribution in [3.8, 4) is 5.75 Å². The number of hydrogen-bond acceptors (Lipinski definition) is 9. The molecule has 11 heteroatoms. The van der Waals surface area contributed by atoms with E-state index in [0.29, 0.717) is 30.4 Å². The Bertz CT molecular complexity index is 1550. The summed E-state index contributed by atoms with van der Waals surface area (Å²) in [4.78, 5) is 15.8. The molecule has 4 aliphatic heterocycles. The molecular weight excluding hydrogens is 606 g/mol. The molecule has 2 spiro atoms. The second kappa shape index (κ2) is 10.9. The molecule has 1 unspecified atom stereocenters. The Kier molecular flexibility index (Phi) is 7.27. The summed E-state index contributed by atoms with van der Waals surface area (Å²) in [6.07, 6.45) is 7.70. The van der Waals surface area contributed by atoms with Crippen LogP contribution in [0.25, 0.3) is 0 Å². The largest absolute Gasteiger partial charge is 0.490 e. The van der Waals surface area contributed by atoms with E-state index < -0.39 is 16.5 Å². The molecule has 6 aliphatic rings. The summed E-state index contributed by atoms with van der Waals surface area (Å²) >= 11 is 7.23. The molecular formula is C32H37ClN3O5S2-. The van der Waals surface area contributed by atoms with Crippen molar-refractivity contribution in [3.05, 3.63) is 58.1 Å². The molecule has 2 aromatic carbocycles. The SMILES string of the molecule is O=C1N=[S-](=O)C[C@@H]2CC[C@]3(CC(SO)O[C@@H]3[C@@H]3CC[C@H]3CN3C[C@@]4(CCCc5cc(Cl)ccc54)COc4ccc1cc43)N2. The summed E-state index contributed by atoms with van der Waals surface area (Å²) in [6.45, 7) is 2.14. The van der Waals surface area contributed by atoms with Gasteiger partial charge in [0.1, 0.15) is 11.2 Å². The van der Waals surface area contributed by atoms with Crippen LogP contribution in [-0.2, 0) is 31.4 Å². The van der Waals surface area contributed by atoms with Gasteiger partial charge in [-0.25, -0.2) is 0 Å². The smallest absolute Gasteiger partial charge is 0.254 e. The lowest BCUT2D eigenvalue weighted by molar-refractivity contribution is -0.0432. The average Bonchev–Trinajstić information content (AvgIpc) is 3.50. The van der Waals surface area contributed by atoms with Crippen molar-refractivity contribution < 1.29 is 23.0 Å². The monoisotopic (exact) mass is 642 g/mol. The second-order valence-electron chi connectivity index (χ2n) is 13.5. The maximum Gasteiger partial charge on any atom is 0.254 e. The number of fused-ring (bicyclic) bond motifs is 6. The molecule has 4 heterocycles. The van der Waals surface area contributed by atoms with Gasteiger partial charge in [-0.3, -0.25) is 4.79 Å². The van der Waals surface area contributed by atoms with Crippen molar-refractivity contribution in [1.82, 2.24) is 5.32 Å². The molecule has 8 rings (SSSR count). The van der Waals surface area contributed by atoms with Gasteiger partial charge in [0.2, 0.25) is 0 Å². The molecule has 1 amide bonds. The van der Waals surface area contributed by atoms with Crippen LogP contribution >= 0.6 is 23.6 Å². The van der Waals surface area contributed by atoms with Crippen LogP contribution in [0.5, 0.6) is 5.75 Å². The maximum absolute atomic E-state index is 13.3. The van der Waals surface area contributed by atoms with Crippen LogP contribution in [-0.4, -0.2) is 59.0 Å². The molecule has 43 heavy (non-hydrogen) atoms. The number of nitrogens with one attached hydrogen (secondary N) is 1. The third-order valence-corrected chi connectivity index (χ3v) is 12.9. The van der Waals surface area contributed by atoms with Gasteiger partial charge in [-0.1, -0.05) is 23.4 Å². The highest BCUT2D eigenvalue weighted by Crippen LogP contribution is 2.52. The Balaban J connectivity index is 1.22. The molecule has 2 aliphatic carbocycles. The Labute approximate surface area is 263 Å².